The molecule has 0 fully saturated rings. The van der Waals surface area contributed by atoms with Gasteiger partial charge in [-0.05, 0) is 18.8 Å². The van der Waals surface area contributed by atoms with Crippen LogP contribution in [0.15, 0.2) is 0 Å². The van der Waals surface area contributed by atoms with Crippen LogP contribution in [0.1, 0.15) is 26.7 Å². The Morgan fingerprint density at radius 3 is 2.67 bits per heavy atom. The van der Waals surface area contributed by atoms with Crippen LogP contribution in [0, 0.1) is 5.92 Å². The standard InChI is InChI=1S/C7H15NS/c1-7(2)4-3-5-8-6-9/h6-7H,3-5H2,1-2H3,(H,8,9). The Labute approximate surface area is 62.8 Å². The van der Waals surface area contributed by atoms with Gasteiger partial charge in [0.15, 0.2) is 0 Å². The van der Waals surface area contributed by atoms with Crippen LogP contribution in [-0.4, -0.2) is 12.0 Å². The van der Waals surface area contributed by atoms with Crippen molar-refractivity contribution in [1.82, 2.24) is 5.32 Å². The molecule has 0 heterocycles. The first kappa shape index (κ1) is 8.89. The molecule has 0 unspecified atom stereocenters. The predicted octanol–water partition coefficient (Wildman–Crippen LogP) is 1.97. The molecule has 0 atom stereocenters. The quantitative estimate of drug-likeness (QED) is 0.469. The van der Waals surface area contributed by atoms with Gasteiger partial charge in [-0.15, -0.1) is 0 Å². The van der Waals surface area contributed by atoms with Gasteiger partial charge >= 0.3 is 0 Å². The summed E-state index contributed by atoms with van der Waals surface area (Å²) in [7, 11) is 0. The summed E-state index contributed by atoms with van der Waals surface area (Å²) < 4.78 is 0. The molecule has 54 valence electrons. The lowest BCUT2D eigenvalue weighted by molar-refractivity contribution is 0.553. The van der Waals surface area contributed by atoms with Gasteiger partial charge < -0.3 is 5.32 Å². The lowest BCUT2D eigenvalue weighted by atomic mass is 10.1. The minimum absolute atomic E-state index is 0.817. The second-order valence-electron chi connectivity index (χ2n) is 2.61. The third-order valence-corrected chi connectivity index (χ3v) is 1.35. The minimum Gasteiger partial charge on any atom is -0.382 e. The molecule has 0 rings (SSSR count). The molecule has 0 spiro atoms. The van der Waals surface area contributed by atoms with E-state index in [1.807, 2.05) is 0 Å². The molecule has 0 aromatic rings. The van der Waals surface area contributed by atoms with Crippen molar-refractivity contribution in [3.8, 4) is 0 Å². The number of rotatable bonds is 5. The molecule has 2 heteroatoms. The Morgan fingerprint density at radius 1 is 1.56 bits per heavy atom. The molecule has 0 saturated heterocycles. The van der Waals surface area contributed by atoms with E-state index in [9.17, 15) is 0 Å². The predicted molar refractivity (Wildman–Crippen MR) is 45.7 cm³/mol. The Balaban J connectivity index is 2.82. The van der Waals surface area contributed by atoms with Gasteiger partial charge in [-0.3, -0.25) is 0 Å². The largest absolute Gasteiger partial charge is 0.382 e. The zero-order valence-corrected chi connectivity index (χ0v) is 7.00. The van der Waals surface area contributed by atoms with Gasteiger partial charge in [-0.2, -0.15) is 0 Å². The molecule has 1 nitrogen and oxygen atoms in total. The van der Waals surface area contributed by atoms with Gasteiger partial charge in [-0.1, -0.05) is 26.1 Å². The molecule has 0 aliphatic rings. The molecule has 0 amide bonds. The third kappa shape index (κ3) is 7.89. The Morgan fingerprint density at radius 2 is 2.22 bits per heavy atom. The van der Waals surface area contributed by atoms with E-state index in [4.69, 9.17) is 0 Å². The number of thiocarbonyl (C=S) groups is 1. The molecule has 0 aliphatic heterocycles. The fourth-order valence-electron chi connectivity index (χ4n) is 0.671. The van der Waals surface area contributed by atoms with Crippen LogP contribution in [0.25, 0.3) is 0 Å². The third-order valence-electron chi connectivity index (χ3n) is 1.19. The van der Waals surface area contributed by atoms with E-state index in [0.717, 1.165) is 12.5 Å². The molecule has 0 radical (unpaired) electrons. The molecule has 1 N–H and O–H groups in total. The van der Waals surface area contributed by atoms with Crippen LogP contribution in [0.5, 0.6) is 0 Å². The summed E-state index contributed by atoms with van der Waals surface area (Å²) in [5.74, 6) is 0.817. The average Bonchev–Trinajstić information content (AvgIpc) is 1.80. The molecule has 0 saturated carbocycles. The van der Waals surface area contributed by atoms with Crippen LogP contribution < -0.4 is 5.32 Å². The van der Waals surface area contributed by atoms with Crippen molar-refractivity contribution in [3.05, 3.63) is 0 Å². The number of hydrogen-bond donors (Lipinski definition) is 1. The van der Waals surface area contributed by atoms with E-state index in [-0.39, 0.29) is 0 Å². The Kier molecular flexibility index (Phi) is 5.94. The van der Waals surface area contributed by atoms with Crippen molar-refractivity contribution in [2.45, 2.75) is 26.7 Å². The van der Waals surface area contributed by atoms with Crippen molar-refractivity contribution < 1.29 is 0 Å². The first-order valence-corrected chi connectivity index (χ1v) is 3.91. The molecule has 0 aromatic heterocycles. The first-order valence-electron chi connectivity index (χ1n) is 3.44. The van der Waals surface area contributed by atoms with E-state index < -0.39 is 0 Å². The minimum atomic E-state index is 0.817. The summed E-state index contributed by atoms with van der Waals surface area (Å²) in [6.07, 6.45) is 2.51. The second kappa shape index (κ2) is 6.02. The maximum Gasteiger partial charge on any atom is 0.0614 e. The highest BCUT2D eigenvalue weighted by Gasteiger charge is 1.90. The summed E-state index contributed by atoms with van der Waals surface area (Å²) in [6, 6.07) is 0. The molecular weight excluding hydrogens is 130 g/mol. The van der Waals surface area contributed by atoms with Crippen LogP contribution in [0.3, 0.4) is 0 Å². The summed E-state index contributed by atoms with van der Waals surface area (Å²) in [6.45, 7) is 5.50. The highest BCUT2D eigenvalue weighted by Crippen LogP contribution is 2.01. The van der Waals surface area contributed by atoms with Crippen LogP contribution in [-0.2, 0) is 0 Å². The summed E-state index contributed by atoms with van der Waals surface area (Å²) in [5.41, 5.74) is 1.58. The Bertz CT molecular complexity index is 71.3. The fraction of sp³-hybridized carbons (Fsp3) is 0.857. The van der Waals surface area contributed by atoms with Crippen molar-refractivity contribution >= 4 is 17.7 Å². The lowest BCUT2D eigenvalue weighted by Crippen LogP contribution is -2.11. The normalized spacial score (nSPS) is 9.67. The first-order chi connectivity index (χ1) is 4.27. The van der Waals surface area contributed by atoms with Gasteiger partial charge in [0.2, 0.25) is 0 Å². The van der Waals surface area contributed by atoms with Crippen LogP contribution >= 0.6 is 12.2 Å². The van der Waals surface area contributed by atoms with Crippen molar-refractivity contribution in [3.63, 3.8) is 0 Å². The SMILES string of the molecule is CC(C)CCCNC=S. The Hall–Kier alpha value is -0.110. The zero-order chi connectivity index (χ0) is 7.11. The summed E-state index contributed by atoms with van der Waals surface area (Å²) >= 11 is 4.59. The maximum absolute atomic E-state index is 4.59. The highest BCUT2D eigenvalue weighted by atomic mass is 32.1. The zero-order valence-electron chi connectivity index (χ0n) is 6.18. The van der Waals surface area contributed by atoms with Crippen LogP contribution in [0.4, 0.5) is 0 Å². The smallest absolute Gasteiger partial charge is 0.0614 e. The fourth-order valence-corrected chi connectivity index (χ4v) is 0.789. The molecular formula is C7H15NS. The monoisotopic (exact) mass is 145 g/mol. The van der Waals surface area contributed by atoms with E-state index in [0.29, 0.717) is 0 Å². The van der Waals surface area contributed by atoms with Gasteiger partial charge in [0.25, 0.3) is 0 Å². The topological polar surface area (TPSA) is 12.0 Å². The van der Waals surface area contributed by atoms with Crippen molar-refractivity contribution in [2.24, 2.45) is 5.92 Å². The van der Waals surface area contributed by atoms with Crippen molar-refractivity contribution in [2.75, 3.05) is 6.54 Å². The molecule has 0 aliphatic carbocycles. The molecule has 0 bridgehead atoms. The van der Waals surface area contributed by atoms with Gasteiger partial charge in [0.05, 0.1) is 5.49 Å². The highest BCUT2D eigenvalue weighted by molar-refractivity contribution is 7.78. The van der Waals surface area contributed by atoms with E-state index >= 15 is 0 Å². The number of hydrogen-bond acceptors (Lipinski definition) is 1. The number of nitrogens with one attached hydrogen (secondary N) is 1. The van der Waals surface area contributed by atoms with Gasteiger partial charge in [0, 0.05) is 6.54 Å². The average molecular weight is 145 g/mol. The second-order valence-corrected chi connectivity index (χ2v) is 2.84. The van der Waals surface area contributed by atoms with Crippen LogP contribution in [0.2, 0.25) is 0 Å². The molecule has 0 aromatic carbocycles. The molecule has 9 heavy (non-hydrogen) atoms. The maximum atomic E-state index is 4.59. The summed E-state index contributed by atoms with van der Waals surface area (Å²) in [5, 5.41) is 2.99. The van der Waals surface area contributed by atoms with E-state index in [1.54, 1.807) is 5.49 Å². The van der Waals surface area contributed by atoms with Crippen molar-refractivity contribution in [1.29, 1.82) is 0 Å². The van der Waals surface area contributed by atoms with E-state index in [2.05, 4.69) is 31.4 Å². The van der Waals surface area contributed by atoms with Gasteiger partial charge in [-0.25, -0.2) is 0 Å². The summed E-state index contributed by atoms with van der Waals surface area (Å²) in [4.78, 5) is 0. The lowest BCUT2D eigenvalue weighted by Gasteiger charge is -2.02. The van der Waals surface area contributed by atoms with E-state index in [1.165, 1.54) is 12.8 Å². The van der Waals surface area contributed by atoms with Gasteiger partial charge in [0.1, 0.15) is 0 Å².